The normalized spacial score (nSPS) is 12.2. The largest absolute Gasteiger partial charge is 0.496 e. The highest BCUT2D eigenvalue weighted by molar-refractivity contribution is 6.31. The molecule has 0 heterocycles. The van der Waals surface area contributed by atoms with Gasteiger partial charge in [-0.1, -0.05) is 48.0 Å². The van der Waals surface area contributed by atoms with E-state index in [0.717, 1.165) is 21.9 Å². The van der Waals surface area contributed by atoms with Crippen LogP contribution < -0.4 is 4.74 Å². The average Bonchev–Trinajstić information content (AvgIpc) is 2.46. The highest BCUT2D eigenvalue weighted by Crippen LogP contribution is 2.30. The Bertz CT molecular complexity index is 540. The second kappa shape index (κ2) is 6.60. The lowest BCUT2D eigenvalue weighted by Gasteiger charge is -2.18. The quantitative estimate of drug-likeness (QED) is 0.903. The third-order valence-corrected chi connectivity index (χ3v) is 3.59. The maximum absolute atomic E-state index is 9.65. The molecule has 0 fully saturated rings. The number of halogens is 1. The number of para-hydroxylation sites is 1. The summed E-state index contributed by atoms with van der Waals surface area (Å²) in [5.41, 5.74) is 2.04. The van der Waals surface area contributed by atoms with E-state index in [0.29, 0.717) is 6.42 Å². The Morgan fingerprint density at radius 2 is 1.79 bits per heavy atom. The van der Waals surface area contributed by atoms with E-state index >= 15 is 0 Å². The van der Waals surface area contributed by atoms with Crippen LogP contribution in [0.3, 0.4) is 0 Å². The molecule has 2 nitrogen and oxygen atoms in total. The minimum absolute atomic E-state index is 0.0175. The molecule has 1 unspecified atom stereocenters. The zero-order valence-corrected chi connectivity index (χ0v) is 11.6. The summed E-state index contributed by atoms with van der Waals surface area (Å²) in [6.45, 7) is 0.0611. The van der Waals surface area contributed by atoms with Crippen LogP contribution in [0.4, 0.5) is 0 Å². The molecule has 2 aromatic rings. The van der Waals surface area contributed by atoms with Crippen molar-refractivity contribution in [2.75, 3.05) is 13.7 Å². The van der Waals surface area contributed by atoms with Crippen LogP contribution >= 0.6 is 11.6 Å². The van der Waals surface area contributed by atoms with Crippen LogP contribution in [0.2, 0.25) is 5.02 Å². The second-order valence-electron chi connectivity index (χ2n) is 4.42. The fourth-order valence-electron chi connectivity index (χ4n) is 2.21. The summed E-state index contributed by atoms with van der Waals surface area (Å²) >= 11 is 6.17. The Kier molecular flexibility index (Phi) is 4.83. The fourth-order valence-corrected chi connectivity index (χ4v) is 2.42. The maximum Gasteiger partial charge on any atom is 0.122 e. The maximum atomic E-state index is 9.65. The van der Waals surface area contributed by atoms with Crippen LogP contribution in [0.5, 0.6) is 5.75 Å². The highest BCUT2D eigenvalue weighted by atomic mass is 35.5. The number of hydrogen-bond donors (Lipinski definition) is 1. The van der Waals surface area contributed by atoms with Gasteiger partial charge >= 0.3 is 0 Å². The third-order valence-electron chi connectivity index (χ3n) is 3.22. The van der Waals surface area contributed by atoms with Gasteiger partial charge in [-0.3, -0.25) is 0 Å². The van der Waals surface area contributed by atoms with E-state index in [9.17, 15) is 5.11 Å². The van der Waals surface area contributed by atoms with Gasteiger partial charge in [-0.05, 0) is 29.7 Å². The first kappa shape index (κ1) is 13.9. The summed E-state index contributed by atoms with van der Waals surface area (Å²) in [4.78, 5) is 0. The monoisotopic (exact) mass is 276 g/mol. The SMILES string of the molecule is COc1ccccc1C(CO)Cc1ccccc1Cl. The summed E-state index contributed by atoms with van der Waals surface area (Å²) in [5.74, 6) is 0.782. The molecule has 1 atom stereocenters. The number of ether oxygens (including phenoxy) is 1. The van der Waals surface area contributed by atoms with E-state index in [1.165, 1.54) is 0 Å². The van der Waals surface area contributed by atoms with Crippen LogP contribution in [0.1, 0.15) is 17.0 Å². The van der Waals surface area contributed by atoms with Crippen LogP contribution in [-0.2, 0) is 6.42 Å². The average molecular weight is 277 g/mol. The van der Waals surface area contributed by atoms with Gasteiger partial charge in [-0.2, -0.15) is 0 Å². The van der Waals surface area contributed by atoms with Crippen LogP contribution in [-0.4, -0.2) is 18.8 Å². The van der Waals surface area contributed by atoms with Crippen LogP contribution in [0.15, 0.2) is 48.5 Å². The molecule has 0 aliphatic heterocycles. The minimum Gasteiger partial charge on any atom is -0.496 e. The first-order valence-electron chi connectivity index (χ1n) is 6.23. The van der Waals surface area contributed by atoms with Crippen LogP contribution in [0.25, 0.3) is 0 Å². The van der Waals surface area contributed by atoms with Crippen molar-refractivity contribution >= 4 is 11.6 Å². The van der Waals surface area contributed by atoms with E-state index < -0.39 is 0 Å². The number of aliphatic hydroxyl groups is 1. The molecule has 0 saturated carbocycles. The van der Waals surface area contributed by atoms with E-state index in [1.807, 2.05) is 48.5 Å². The van der Waals surface area contributed by atoms with Crippen LogP contribution in [0, 0.1) is 0 Å². The summed E-state index contributed by atoms with van der Waals surface area (Å²) in [6.07, 6.45) is 0.691. The summed E-state index contributed by atoms with van der Waals surface area (Å²) in [5, 5.41) is 10.4. The molecule has 100 valence electrons. The summed E-state index contributed by atoms with van der Waals surface area (Å²) < 4.78 is 5.35. The van der Waals surface area contributed by atoms with Gasteiger partial charge in [-0.25, -0.2) is 0 Å². The van der Waals surface area contributed by atoms with Gasteiger partial charge in [0.2, 0.25) is 0 Å². The van der Waals surface area contributed by atoms with E-state index in [4.69, 9.17) is 16.3 Å². The lowest BCUT2D eigenvalue weighted by molar-refractivity contribution is 0.261. The molecule has 0 radical (unpaired) electrons. The van der Waals surface area contributed by atoms with Crippen molar-refractivity contribution in [3.05, 3.63) is 64.7 Å². The van der Waals surface area contributed by atoms with Gasteiger partial charge in [0, 0.05) is 10.9 Å². The molecule has 0 spiro atoms. The molecule has 0 saturated heterocycles. The number of rotatable bonds is 5. The highest BCUT2D eigenvalue weighted by Gasteiger charge is 2.16. The summed E-state index contributed by atoms with van der Waals surface area (Å²) in [7, 11) is 1.64. The van der Waals surface area contributed by atoms with Gasteiger partial charge in [0.1, 0.15) is 5.75 Å². The standard InChI is InChI=1S/C16H17ClO2/c1-19-16-9-5-3-7-14(16)13(11-18)10-12-6-2-4-8-15(12)17/h2-9,13,18H,10-11H2,1H3. The zero-order valence-electron chi connectivity index (χ0n) is 10.8. The predicted octanol–water partition coefficient (Wildman–Crippen LogP) is 3.67. The molecule has 0 aromatic heterocycles. The topological polar surface area (TPSA) is 29.5 Å². The zero-order chi connectivity index (χ0) is 13.7. The molecule has 0 amide bonds. The Morgan fingerprint density at radius 1 is 1.11 bits per heavy atom. The molecule has 0 aliphatic carbocycles. The predicted molar refractivity (Wildman–Crippen MR) is 78.0 cm³/mol. The van der Waals surface area contributed by atoms with Crippen molar-refractivity contribution < 1.29 is 9.84 Å². The Labute approximate surface area is 118 Å². The van der Waals surface area contributed by atoms with Gasteiger partial charge in [0.15, 0.2) is 0 Å². The van der Waals surface area contributed by atoms with Crippen molar-refractivity contribution in [3.63, 3.8) is 0 Å². The molecule has 1 N–H and O–H groups in total. The summed E-state index contributed by atoms with van der Waals surface area (Å²) in [6, 6.07) is 15.5. The van der Waals surface area contributed by atoms with Gasteiger partial charge in [-0.15, -0.1) is 0 Å². The van der Waals surface area contributed by atoms with E-state index in [-0.39, 0.29) is 12.5 Å². The minimum atomic E-state index is -0.0175. The number of hydrogen-bond acceptors (Lipinski definition) is 2. The number of methoxy groups -OCH3 is 1. The van der Waals surface area contributed by atoms with E-state index in [2.05, 4.69) is 0 Å². The van der Waals surface area contributed by atoms with E-state index in [1.54, 1.807) is 7.11 Å². The first-order chi connectivity index (χ1) is 9.26. The Hall–Kier alpha value is -1.51. The molecule has 3 heteroatoms. The fraction of sp³-hybridized carbons (Fsp3) is 0.250. The molecule has 2 rings (SSSR count). The molecule has 2 aromatic carbocycles. The Morgan fingerprint density at radius 3 is 2.47 bits per heavy atom. The smallest absolute Gasteiger partial charge is 0.122 e. The Balaban J connectivity index is 2.28. The lowest BCUT2D eigenvalue weighted by Crippen LogP contribution is -2.09. The second-order valence-corrected chi connectivity index (χ2v) is 4.82. The van der Waals surface area contributed by atoms with Crippen molar-refractivity contribution in [1.29, 1.82) is 0 Å². The number of benzene rings is 2. The van der Waals surface area contributed by atoms with Gasteiger partial charge in [0.25, 0.3) is 0 Å². The lowest BCUT2D eigenvalue weighted by atomic mass is 9.92. The number of aliphatic hydroxyl groups excluding tert-OH is 1. The molecular weight excluding hydrogens is 260 g/mol. The van der Waals surface area contributed by atoms with Gasteiger partial charge < -0.3 is 9.84 Å². The van der Waals surface area contributed by atoms with Crippen molar-refractivity contribution in [1.82, 2.24) is 0 Å². The molecule has 0 bridgehead atoms. The van der Waals surface area contributed by atoms with Crippen molar-refractivity contribution in [2.24, 2.45) is 0 Å². The van der Waals surface area contributed by atoms with Gasteiger partial charge in [0.05, 0.1) is 13.7 Å². The molecular formula is C16H17ClO2. The third kappa shape index (κ3) is 3.28. The van der Waals surface area contributed by atoms with Crippen molar-refractivity contribution in [3.8, 4) is 5.75 Å². The molecule has 0 aliphatic rings. The first-order valence-corrected chi connectivity index (χ1v) is 6.61. The molecule has 19 heavy (non-hydrogen) atoms. The van der Waals surface area contributed by atoms with Crippen molar-refractivity contribution in [2.45, 2.75) is 12.3 Å².